The Labute approximate surface area is 112 Å². The van der Waals surface area contributed by atoms with Crippen LogP contribution in [-0.2, 0) is 6.54 Å². The first-order valence-electron chi connectivity index (χ1n) is 6.15. The second-order valence-corrected chi connectivity index (χ2v) is 4.91. The second kappa shape index (κ2) is 6.75. The second-order valence-electron chi connectivity index (χ2n) is 4.53. The summed E-state index contributed by atoms with van der Waals surface area (Å²) >= 11 is 6.02. The summed E-state index contributed by atoms with van der Waals surface area (Å²) in [6.07, 6.45) is 2.56. The Bertz CT molecular complexity index is 445. The molecule has 0 fully saturated rings. The van der Waals surface area contributed by atoms with Crippen LogP contribution in [0.2, 0.25) is 5.02 Å². The Balaban J connectivity index is 2.85. The zero-order valence-corrected chi connectivity index (χ0v) is 11.7. The van der Waals surface area contributed by atoms with E-state index >= 15 is 0 Å². The molecule has 0 aromatic carbocycles. The monoisotopic (exact) mass is 273 g/mol. The van der Waals surface area contributed by atoms with Crippen LogP contribution in [0.15, 0.2) is 11.0 Å². The van der Waals surface area contributed by atoms with Crippen LogP contribution in [0.4, 0.5) is 5.69 Å². The first kappa shape index (κ1) is 15.0. The zero-order valence-electron chi connectivity index (χ0n) is 11.0. The fourth-order valence-electron chi connectivity index (χ4n) is 1.77. The minimum Gasteiger partial charge on any atom is -0.393 e. The van der Waals surface area contributed by atoms with E-state index in [1.807, 2.05) is 13.8 Å². The van der Waals surface area contributed by atoms with E-state index in [1.54, 1.807) is 13.1 Å². The normalized spacial score (nSPS) is 14.3. The maximum atomic E-state index is 11.9. The SMILES string of the molecule is CCCn1ncc(NC(C)CC(C)O)c(Cl)c1=O. The molecule has 0 radical (unpaired) electrons. The molecule has 18 heavy (non-hydrogen) atoms. The van der Waals surface area contributed by atoms with Crippen molar-refractivity contribution in [2.24, 2.45) is 0 Å². The van der Waals surface area contributed by atoms with Crippen LogP contribution >= 0.6 is 11.6 Å². The number of anilines is 1. The molecule has 6 heteroatoms. The van der Waals surface area contributed by atoms with Crippen LogP contribution in [0.5, 0.6) is 0 Å². The summed E-state index contributed by atoms with van der Waals surface area (Å²) in [5, 5.41) is 16.6. The molecule has 2 unspecified atom stereocenters. The third-order valence-corrected chi connectivity index (χ3v) is 2.88. The molecule has 1 aromatic heterocycles. The summed E-state index contributed by atoms with van der Waals surface area (Å²) in [5.41, 5.74) is 0.231. The van der Waals surface area contributed by atoms with Gasteiger partial charge in [-0.3, -0.25) is 4.79 Å². The van der Waals surface area contributed by atoms with E-state index in [-0.39, 0.29) is 16.6 Å². The van der Waals surface area contributed by atoms with E-state index in [2.05, 4.69) is 10.4 Å². The number of hydrogen-bond donors (Lipinski definition) is 2. The van der Waals surface area contributed by atoms with Crippen LogP contribution < -0.4 is 10.9 Å². The summed E-state index contributed by atoms with van der Waals surface area (Å²) in [7, 11) is 0. The predicted molar refractivity (Wildman–Crippen MR) is 73.2 cm³/mol. The van der Waals surface area contributed by atoms with Crippen molar-refractivity contribution in [2.75, 3.05) is 5.32 Å². The van der Waals surface area contributed by atoms with E-state index in [4.69, 9.17) is 11.6 Å². The van der Waals surface area contributed by atoms with Gasteiger partial charge in [-0.1, -0.05) is 18.5 Å². The molecule has 1 aromatic rings. The third kappa shape index (κ3) is 3.99. The van der Waals surface area contributed by atoms with Crippen LogP contribution in [0.1, 0.15) is 33.6 Å². The first-order chi connectivity index (χ1) is 8.45. The average molecular weight is 274 g/mol. The number of aryl methyl sites for hydroxylation is 1. The van der Waals surface area contributed by atoms with E-state index < -0.39 is 6.10 Å². The van der Waals surface area contributed by atoms with Crippen LogP contribution in [0.3, 0.4) is 0 Å². The van der Waals surface area contributed by atoms with Gasteiger partial charge in [-0.2, -0.15) is 5.10 Å². The van der Waals surface area contributed by atoms with Crippen LogP contribution in [0, 0.1) is 0 Å². The fraction of sp³-hybridized carbons (Fsp3) is 0.667. The molecule has 0 spiro atoms. The molecule has 1 rings (SSSR count). The van der Waals surface area contributed by atoms with Gasteiger partial charge in [0.25, 0.3) is 5.56 Å². The smallest absolute Gasteiger partial charge is 0.287 e. The highest BCUT2D eigenvalue weighted by molar-refractivity contribution is 6.32. The lowest BCUT2D eigenvalue weighted by Gasteiger charge is -2.17. The van der Waals surface area contributed by atoms with Crippen LogP contribution in [0.25, 0.3) is 0 Å². The maximum absolute atomic E-state index is 11.9. The van der Waals surface area contributed by atoms with Crippen molar-refractivity contribution in [2.45, 2.75) is 52.3 Å². The van der Waals surface area contributed by atoms with Gasteiger partial charge in [0.1, 0.15) is 5.02 Å². The molecule has 0 amide bonds. The van der Waals surface area contributed by atoms with Gasteiger partial charge >= 0.3 is 0 Å². The molecular weight excluding hydrogens is 254 g/mol. The van der Waals surface area contributed by atoms with Crippen molar-refractivity contribution in [1.82, 2.24) is 9.78 Å². The summed E-state index contributed by atoms with van der Waals surface area (Å²) in [6.45, 7) is 6.17. The number of nitrogens with zero attached hydrogens (tertiary/aromatic N) is 2. The largest absolute Gasteiger partial charge is 0.393 e. The highest BCUT2D eigenvalue weighted by atomic mass is 35.5. The minimum atomic E-state index is -0.403. The number of halogens is 1. The van der Waals surface area contributed by atoms with Gasteiger partial charge in [0.15, 0.2) is 0 Å². The predicted octanol–water partition coefficient (Wildman–Crippen LogP) is 1.88. The number of nitrogens with one attached hydrogen (secondary N) is 1. The molecule has 0 aliphatic carbocycles. The molecule has 0 bridgehead atoms. The highest BCUT2D eigenvalue weighted by Crippen LogP contribution is 2.17. The Morgan fingerprint density at radius 3 is 2.78 bits per heavy atom. The van der Waals surface area contributed by atoms with Crippen molar-refractivity contribution in [1.29, 1.82) is 0 Å². The van der Waals surface area contributed by atoms with Crippen molar-refractivity contribution in [3.63, 3.8) is 0 Å². The third-order valence-electron chi connectivity index (χ3n) is 2.52. The Morgan fingerprint density at radius 1 is 1.56 bits per heavy atom. The molecular formula is C12H20ClN3O2. The standard InChI is InChI=1S/C12H20ClN3O2/c1-4-5-16-12(18)11(13)10(7-14-16)15-8(2)6-9(3)17/h7-9,15,17H,4-6H2,1-3H3. The Kier molecular flexibility index (Phi) is 5.62. The molecule has 0 aliphatic heterocycles. The maximum Gasteiger partial charge on any atom is 0.287 e. The average Bonchev–Trinajstić information content (AvgIpc) is 2.28. The number of rotatable bonds is 6. The zero-order chi connectivity index (χ0) is 13.7. The topological polar surface area (TPSA) is 67.2 Å². The number of aliphatic hydroxyl groups excluding tert-OH is 1. The van der Waals surface area contributed by atoms with Gasteiger partial charge < -0.3 is 10.4 Å². The van der Waals surface area contributed by atoms with Gasteiger partial charge in [0, 0.05) is 12.6 Å². The van der Waals surface area contributed by atoms with Crippen LogP contribution in [-0.4, -0.2) is 27.0 Å². The van der Waals surface area contributed by atoms with E-state index in [0.717, 1.165) is 6.42 Å². The molecule has 2 N–H and O–H groups in total. The Morgan fingerprint density at radius 2 is 2.22 bits per heavy atom. The quantitative estimate of drug-likeness (QED) is 0.830. The first-order valence-corrected chi connectivity index (χ1v) is 6.53. The molecule has 5 nitrogen and oxygen atoms in total. The summed E-state index contributed by atoms with van der Waals surface area (Å²) in [6, 6.07) is 0.0192. The number of aliphatic hydroxyl groups is 1. The molecule has 0 aliphatic rings. The lowest BCUT2D eigenvalue weighted by molar-refractivity contribution is 0.179. The van der Waals surface area contributed by atoms with Crippen molar-refractivity contribution >= 4 is 17.3 Å². The minimum absolute atomic E-state index is 0.0192. The molecule has 0 saturated carbocycles. The van der Waals surface area contributed by atoms with Gasteiger partial charge in [0.05, 0.1) is 18.0 Å². The number of aromatic nitrogens is 2. The van der Waals surface area contributed by atoms with Crippen molar-refractivity contribution in [3.05, 3.63) is 21.6 Å². The molecule has 102 valence electrons. The van der Waals surface area contributed by atoms with Gasteiger partial charge in [-0.25, -0.2) is 4.68 Å². The van der Waals surface area contributed by atoms with E-state index in [1.165, 1.54) is 4.68 Å². The lowest BCUT2D eigenvalue weighted by Crippen LogP contribution is -2.27. The Hall–Kier alpha value is -1.07. The highest BCUT2D eigenvalue weighted by Gasteiger charge is 2.12. The fourth-order valence-corrected chi connectivity index (χ4v) is 1.97. The van der Waals surface area contributed by atoms with Gasteiger partial charge in [0.2, 0.25) is 0 Å². The molecule has 1 heterocycles. The molecule has 0 saturated heterocycles. The summed E-state index contributed by atoms with van der Waals surface area (Å²) < 4.78 is 1.35. The lowest BCUT2D eigenvalue weighted by atomic mass is 10.1. The van der Waals surface area contributed by atoms with E-state index in [0.29, 0.717) is 18.7 Å². The van der Waals surface area contributed by atoms with E-state index in [9.17, 15) is 9.90 Å². The summed E-state index contributed by atoms with van der Waals surface area (Å²) in [4.78, 5) is 11.9. The van der Waals surface area contributed by atoms with Crippen molar-refractivity contribution < 1.29 is 5.11 Å². The number of hydrogen-bond acceptors (Lipinski definition) is 4. The summed E-state index contributed by atoms with van der Waals surface area (Å²) in [5.74, 6) is 0. The van der Waals surface area contributed by atoms with Crippen molar-refractivity contribution in [3.8, 4) is 0 Å². The van der Waals surface area contributed by atoms with Gasteiger partial charge in [-0.05, 0) is 26.7 Å². The van der Waals surface area contributed by atoms with Gasteiger partial charge in [-0.15, -0.1) is 0 Å². The molecule has 2 atom stereocenters.